The maximum Gasteiger partial charge on any atom is 0.251 e. The van der Waals surface area contributed by atoms with Gasteiger partial charge in [-0.3, -0.25) is 4.79 Å². The van der Waals surface area contributed by atoms with Crippen molar-refractivity contribution >= 4 is 21.8 Å². The van der Waals surface area contributed by atoms with Crippen molar-refractivity contribution in [3.8, 4) is 11.5 Å². The number of carbonyl (C=O) groups is 1. The van der Waals surface area contributed by atoms with E-state index in [1.165, 1.54) is 6.39 Å². The van der Waals surface area contributed by atoms with Crippen LogP contribution in [0, 0.1) is 0 Å². The monoisotopic (exact) mass is 371 g/mol. The zero-order valence-corrected chi connectivity index (χ0v) is 13.9. The zero-order chi connectivity index (χ0) is 16.2. The van der Waals surface area contributed by atoms with Crippen LogP contribution in [0.3, 0.4) is 0 Å². The van der Waals surface area contributed by atoms with Gasteiger partial charge in [0.1, 0.15) is 0 Å². The first-order valence-electron chi connectivity index (χ1n) is 7.07. The highest BCUT2D eigenvalue weighted by Gasteiger charge is 2.14. The number of carbonyl (C=O) groups excluding carboxylic acids is 1. The molecule has 0 fully saturated rings. The first kappa shape index (κ1) is 15.4. The SMILES string of the molecule is C[C@@H](NC(=O)c1ccc(-c2nnco2)cc1)c1ccccc1Br. The number of aromatic nitrogens is 2. The number of halogens is 1. The largest absolute Gasteiger partial charge is 0.423 e. The Bertz CT molecular complexity index is 801. The number of nitrogens with zero attached hydrogens (tertiary/aromatic N) is 2. The molecule has 5 nitrogen and oxygen atoms in total. The summed E-state index contributed by atoms with van der Waals surface area (Å²) in [6, 6.07) is 14.8. The highest BCUT2D eigenvalue weighted by atomic mass is 79.9. The van der Waals surface area contributed by atoms with Crippen molar-refractivity contribution in [3.63, 3.8) is 0 Å². The molecule has 1 atom stereocenters. The lowest BCUT2D eigenvalue weighted by Crippen LogP contribution is -2.26. The summed E-state index contributed by atoms with van der Waals surface area (Å²) in [5.74, 6) is 0.295. The number of hydrogen-bond donors (Lipinski definition) is 1. The van der Waals surface area contributed by atoms with Crippen LogP contribution >= 0.6 is 15.9 Å². The van der Waals surface area contributed by atoms with E-state index in [1.807, 2.05) is 31.2 Å². The smallest absolute Gasteiger partial charge is 0.251 e. The molecule has 0 aliphatic heterocycles. The lowest BCUT2D eigenvalue weighted by Gasteiger charge is -2.16. The molecule has 116 valence electrons. The maximum atomic E-state index is 12.4. The predicted molar refractivity (Wildman–Crippen MR) is 89.8 cm³/mol. The highest BCUT2D eigenvalue weighted by Crippen LogP contribution is 2.23. The van der Waals surface area contributed by atoms with Crippen molar-refractivity contribution < 1.29 is 9.21 Å². The summed E-state index contributed by atoms with van der Waals surface area (Å²) < 4.78 is 6.10. The fraction of sp³-hybridized carbons (Fsp3) is 0.118. The molecule has 0 bridgehead atoms. The van der Waals surface area contributed by atoms with Crippen LogP contribution in [0.4, 0.5) is 0 Å². The third-order valence-corrected chi connectivity index (χ3v) is 4.20. The standard InChI is InChI=1S/C17H14BrN3O2/c1-11(14-4-2-3-5-15(14)18)20-16(22)12-6-8-13(9-7-12)17-21-19-10-23-17/h2-11H,1H3,(H,20,22)/t11-/m1/s1. The number of hydrogen-bond acceptors (Lipinski definition) is 4. The lowest BCUT2D eigenvalue weighted by atomic mass is 10.1. The Morgan fingerprint density at radius 3 is 2.57 bits per heavy atom. The van der Waals surface area contributed by atoms with Gasteiger partial charge in [0.15, 0.2) is 0 Å². The minimum atomic E-state index is -0.134. The molecule has 3 rings (SSSR count). The van der Waals surface area contributed by atoms with Crippen molar-refractivity contribution in [1.29, 1.82) is 0 Å². The molecule has 1 amide bonds. The molecule has 0 aliphatic carbocycles. The van der Waals surface area contributed by atoms with Gasteiger partial charge in [-0.05, 0) is 42.8 Å². The molecule has 0 saturated heterocycles. The predicted octanol–water partition coefficient (Wildman–Crippen LogP) is 3.99. The third kappa shape index (κ3) is 3.48. The number of amides is 1. The Hall–Kier alpha value is -2.47. The zero-order valence-electron chi connectivity index (χ0n) is 12.4. The van der Waals surface area contributed by atoms with Crippen LogP contribution in [0.1, 0.15) is 28.9 Å². The second-order valence-corrected chi connectivity index (χ2v) is 5.89. The Kier molecular flexibility index (Phi) is 4.52. The first-order chi connectivity index (χ1) is 11.1. The number of nitrogens with one attached hydrogen (secondary N) is 1. The minimum absolute atomic E-state index is 0.103. The van der Waals surface area contributed by atoms with Crippen LogP contribution in [-0.4, -0.2) is 16.1 Å². The Morgan fingerprint density at radius 1 is 1.17 bits per heavy atom. The average Bonchev–Trinajstić information content (AvgIpc) is 3.09. The fourth-order valence-electron chi connectivity index (χ4n) is 2.25. The normalized spacial score (nSPS) is 11.9. The van der Waals surface area contributed by atoms with E-state index in [0.717, 1.165) is 15.6 Å². The van der Waals surface area contributed by atoms with Crippen molar-refractivity contribution in [2.24, 2.45) is 0 Å². The van der Waals surface area contributed by atoms with E-state index in [0.29, 0.717) is 11.5 Å². The van der Waals surface area contributed by atoms with Crippen molar-refractivity contribution in [2.75, 3.05) is 0 Å². The molecule has 1 heterocycles. The van der Waals surface area contributed by atoms with Gasteiger partial charge < -0.3 is 9.73 Å². The molecule has 0 radical (unpaired) electrons. The van der Waals surface area contributed by atoms with Gasteiger partial charge in [0.2, 0.25) is 12.3 Å². The number of benzene rings is 2. The van der Waals surface area contributed by atoms with E-state index in [9.17, 15) is 4.79 Å². The molecule has 23 heavy (non-hydrogen) atoms. The summed E-state index contributed by atoms with van der Waals surface area (Å²) in [7, 11) is 0. The van der Waals surface area contributed by atoms with Crippen molar-refractivity contribution in [3.05, 3.63) is 70.5 Å². The lowest BCUT2D eigenvalue weighted by molar-refractivity contribution is 0.0940. The molecule has 2 aromatic carbocycles. The second kappa shape index (κ2) is 6.75. The summed E-state index contributed by atoms with van der Waals surface area (Å²) >= 11 is 3.50. The molecule has 0 saturated carbocycles. The van der Waals surface area contributed by atoms with Crippen LogP contribution in [0.5, 0.6) is 0 Å². The van der Waals surface area contributed by atoms with Crippen molar-refractivity contribution in [2.45, 2.75) is 13.0 Å². The average molecular weight is 372 g/mol. The third-order valence-electron chi connectivity index (χ3n) is 3.47. The fourth-order valence-corrected chi connectivity index (χ4v) is 2.88. The van der Waals surface area contributed by atoms with Crippen LogP contribution < -0.4 is 5.32 Å². The molecule has 6 heteroatoms. The summed E-state index contributed by atoms with van der Waals surface area (Å²) in [6.45, 7) is 1.95. The molecule has 3 aromatic rings. The van der Waals surface area contributed by atoms with Crippen LogP contribution in [0.15, 0.2) is 63.8 Å². The Morgan fingerprint density at radius 2 is 1.91 bits per heavy atom. The topological polar surface area (TPSA) is 68.0 Å². The van der Waals surface area contributed by atoms with E-state index in [4.69, 9.17) is 4.42 Å². The summed E-state index contributed by atoms with van der Waals surface area (Å²) in [6.07, 6.45) is 1.27. The summed E-state index contributed by atoms with van der Waals surface area (Å²) in [5, 5.41) is 10.5. The van der Waals surface area contributed by atoms with Gasteiger partial charge in [0, 0.05) is 15.6 Å². The molecular formula is C17H14BrN3O2. The van der Waals surface area contributed by atoms with Crippen LogP contribution in [-0.2, 0) is 0 Å². The van der Waals surface area contributed by atoms with E-state index < -0.39 is 0 Å². The van der Waals surface area contributed by atoms with Crippen LogP contribution in [0.2, 0.25) is 0 Å². The van der Waals surface area contributed by atoms with E-state index in [2.05, 4.69) is 31.4 Å². The Balaban J connectivity index is 1.72. The highest BCUT2D eigenvalue weighted by molar-refractivity contribution is 9.10. The molecular weight excluding hydrogens is 358 g/mol. The minimum Gasteiger partial charge on any atom is -0.423 e. The van der Waals surface area contributed by atoms with Crippen molar-refractivity contribution in [1.82, 2.24) is 15.5 Å². The molecule has 0 aliphatic rings. The van der Waals surface area contributed by atoms with E-state index >= 15 is 0 Å². The molecule has 1 N–H and O–H groups in total. The van der Waals surface area contributed by atoms with Gasteiger partial charge >= 0.3 is 0 Å². The molecule has 0 unspecified atom stereocenters. The second-order valence-electron chi connectivity index (χ2n) is 5.04. The van der Waals surface area contributed by atoms with Crippen LogP contribution in [0.25, 0.3) is 11.5 Å². The quantitative estimate of drug-likeness (QED) is 0.752. The summed E-state index contributed by atoms with van der Waals surface area (Å²) in [5.41, 5.74) is 2.38. The maximum absolute atomic E-state index is 12.4. The molecule has 0 spiro atoms. The summed E-state index contributed by atoms with van der Waals surface area (Å²) in [4.78, 5) is 12.4. The van der Waals surface area contributed by atoms with Gasteiger partial charge in [-0.15, -0.1) is 10.2 Å². The van der Waals surface area contributed by atoms with E-state index in [-0.39, 0.29) is 11.9 Å². The first-order valence-corrected chi connectivity index (χ1v) is 7.86. The van der Waals surface area contributed by atoms with E-state index in [1.54, 1.807) is 24.3 Å². The van der Waals surface area contributed by atoms with Gasteiger partial charge in [-0.25, -0.2) is 0 Å². The van der Waals surface area contributed by atoms with Gasteiger partial charge in [-0.1, -0.05) is 34.1 Å². The molecule has 1 aromatic heterocycles. The van der Waals surface area contributed by atoms with Gasteiger partial charge in [0.25, 0.3) is 5.91 Å². The number of rotatable bonds is 4. The Labute approximate surface area is 141 Å². The van der Waals surface area contributed by atoms with Gasteiger partial charge in [-0.2, -0.15) is 0 Å². The van der Waals surface area contributed by atoms with Gasteiger partial charge in [0.05, 0.1) is 6.04 Å².